The van der Waals surface area contributed by atoms with Crippen LogP contribution in [0.1, 0.15) is 26.3 Å². The minimum absolute atomic E-state index is 0.160. The summed E-state index contributed by atoms with van der Waals surface area (Å²) in [6, 6.07) is 7.74. The Labute approximate surface area is 194 Å². The molecule has 8 heteroatoms. The highest BCUT2D eigenvalue weighted by Gasteiger charge is 2.60. The Bertz CT molecular complexity index is 842. The van der Waals surface area contributed by atoms with Gasteiger partial charge in [-0.3, -0.25) is 0 Å². The number of benzene rings is 1. The zero-order chi connectivity index (χ0) is 24.1. The summed E-state index contributed by atoms with van der Waals surface area (Å²) < 4.78 is 16.5. The number of ether oxygens (including phenoxy) is 3. The van der Waals surface area contributed by atoms with Crippen LogP contribution in [-0.2, 0) is 15.9 Å². The summed E-state index contributed by atoms with van der Waals surface area (Å²) in [4.78, 5) is 0. The maximum atomic E-state index is 10.6. The number of methoxy groups -OCH3 is 1. The molecule has 5 atom stereocenters. The molecule has 4 N–H and O–H groups in total. The zero-order valence-corrected chi connectivity index (χ0v) is 19.7. The Morgan fingerprint density at radius 1 is 1.22 bits per heavy atom. The van der Waals surface area contributed by atoms with Crippen LogP contribution in [0, 0.1) is 0 Å². The van der Waals surface area contributed by atoms with Crippen LogP contribution in [0.5, 0.6) is 5.75 Å². The smallest absolute Gasteiger partial charge is 0.224 e. The first-order valence-corrected chi connectivity index (χ1v) is 10.8. The normalized spacial score (nSPS) is 31.5. The van der Waals surface area contributed by atoms with Crippen molar-refractivity contribution < 1.29 is 34.6 Å². The van der Waals surface area contributed by atoms with Crippen molar-refractivity contribution in [3.63, 3.8) is 0 Å². The number of hydrogen-bond acceptors (Lipinski definition) is 7. The van der Waals surface area contributed by atoms with E-state index in [0.29, 0.717) is 18.1 Å². The third-order valence-electron chi connectivity index (χ3n) is 5.72. The molecule has 0 unspecified atom stereocenters. The second-order valence-electron chi connectivity index (χ2n) is 8.02. The van der Waals surface area contributed by atoms with Crippen molar-refractivity contribution in [3.8, 4) is 5.75 Å². The van der Waals surface area contributed by atoms with Crippen molar-refractivity contribution in [2.75, 3.05) is 20.3 Å². The fourth-order valence-electron chi connectivity index (χ4n) is 3.60. The van der Waals surface area contributed by atoms with E-state index in [1.54, 1.807) is 6.08 Å². The van der Waals surface area contributed by atoms with Crippen molar-refractivity contribution in [2.45, 2.75) is 56.9 Å². The molecule has 1 heterocycles. The number of aliphatic hydroxyl groups excluding tert-OH is 3. The molecule has 1 aliphatic rings. The predicted octanol–water partition coefficient (Wildman–Crippen LogP) is 2.46. The summed E-state index contributed by atoms with van der Waals surface area (Å²) in [7, 11) is 1.28. The number of aliphatic hydroxyl groups is 4. The molecule has 0 amide bonds. The van der Waals surface area contributed by atoms with Crippen molar-refractivity contribution >= 4 is 11.6 Å². The third kappa shape index (κ3) is 5.43. The summed E-state index contributed by atoms with van der Waals surface area (Å²) in [5.41, 5.74) is 0.235. The van der Waals surface area contributed by atoms with E-state index >= 15 is 0 Å². The van der Waals surface area contributed by atoms with E-state index in [1.807, 2.05) is 38.1 Å². The van der Waals surface area contributed by atoms with Crippen LogP contribution in [0.25, 0.3) is 0 Å². The average molecular weight is 469 g/mol. The van der Waals surface area contributed by atoms with Gasteiger partial charge < -0.3 is 34.6 Å². The molecule has 2 rings (SSSR count). The van der Waals surface area contributed by atoms with E-state index in [-0.39, 0.29) is 5.57 Å². The van der Waals surface area contributed by atoms with Crippen LogP contribution < -0.4 is 4.74 Å². The van der Waals surface area contributed by atoms with Gasteiger partial charge in [0.1, 0.15) is 29.7 Å². The lowest BCUT2D eigenvalue weighted by molar-refractivity contribution is -0.361. The standard InChI is InChI=1S/C24H33ClO7/c1-6-31-18-10-8-17(9-11-18)13-15(2)19(25)12-7-16(3)24(30-5)22(28)21(27)23(4,29)20(14-26)32-24/h7-12,20-22,26-29H,3,6,13-14H2,1-2,4-5H3/b12-7-,19-15-/t20-,21-,22-,23+,24+/m1/s1. The molecule has 0 aromatic heterocycles. The molecule has 1 saturated heterocycles. The van der Waals surface area contributed by atoms with Crippen molar-refractivity contribution in [1.82, 2.24) is 0 Å². The molecule has 0 spiro atoms. The molecular weight excluding hydrogens is 436 g/mol. The quantitative estimate of drug-likeness (QED) is 0.412. The molecule has 0 radical (unpaired) electrons. The second kappa shape index (κ2) is 10.9. The first-order valence-electron chi connectivity index (χ1n) is 10.4. The second-order valence-corrected chi connectivity index (χ2v) is 8.42. The number of rotatable bonds is 9. The summed E-state index contributed by atoms with van der Waals surface area (Å²) >= 11 is 6.45. The largest absolute Gasteiger partial charge is 0.494 e. The Morgan fingerprint density at radius 3 is 2.38 bits per heavy atom. The maximum absolute atomic E-state index is 10.6. The lowest BCUT2D eigenvalue weighted by Gasteiger charge is -2.52. The molecule has 1 aromatic rings. The van der Waals surface area contributed by atoms with Crippen LogP contribution in [0.2, 0.25) is 0 Å². The van der Waals surface area contributed by atoms with Crippen molar-refractivity contribution in [3.05, 3.63) is 64.7 Å². The monoisotopic (exact) mass is 468 g/mol. The Balaban J connectivity index is 2.20. The first kappa shape index (κ1) is 26.5. The van der Waals surface area contributed by atoms with Gasteiger partial charge in [-0.15, -0.1) is 0 Å². The van der Waals surface area contributed by atoms with Gasteiger partial charge in [-0.1, -0.05) is 42.0 Å². The van der Waals surface area contributed by atoms with Gasteiger partial charge in [-0.25, -0.2) is 0 Å². The van der Waals surface area contributed by atoms with Gasteiger partial charge in [-0.2, -0.15) is 0 Å². The van der Waals surface area contributed by atoms with Crippen LogP contribution in [0.4, 0.5) is 0 Å². The first-order chi connectivity index (χ1) is 15.0. The topological polar surface area (TPSA) is 109 Å². The zero-order valence-electron chi connectivity index (χ0n) is 18.9. The van der Waals surface area contributed by atoms with Crippen LogP contribution in [-0.4, -0.2) is 70.4 Å². The van der Waals surface area contributed by atoms with E-state index in [0.717, 1.165) is 16.9 Å². The highest BCUT2D eigenvalue weighted by Crippen LogP contribution is 2.40. The van der Waals surface area contributed by atoms with E-state index in [2.05, 4.69) is 6.58 Å². The van der Waals surface area contributed by atoms with Gasteiger partial charge in [0, 0.05) is 17.7 Å². The summed E-state index contributed by atoms with van der Waals surface area (Å²) in [6.07, 6.45) is -0.792. The lowest BCUT2D eigenvalue weighted by Crippen LogP contribution is -2.71. The van der Waals surface area contributed by atoms with Crippen LogP contribution in [0.15, 0.2) is 59.2 Å². The SMILES string of the molecule is C=C(/C=C\C(Cl)=C(/C)Cc1ccc(OCC)cc1)[C@]1(OC)O[C@H](CO)[C@](C)(O)[C@H](O)[C@H]1O. The van der Waals surface area contributed by atoms with Gasteiger partial charge in [0.2, 0.25) is 5.79 Å². The third-order valence-corrected chi connectivity index (χ3v) is 6.16. The predicted molar refractivity (Wildman–Crippen MR) is 122 cm³/mol. The van der Waals surface area contributed by atoms with Crippen molar-refractivity contribution in [2.24, 2.45) is 0 Å². The van der Waals surface area contributed by atoms with Gasteiger partial charge in [-0.05, 0) is 51.0 Å². The fourth-order valence-corrected chi connectivity index (χ4v) is 3.73. The molecule has 1 fully saturated rings. The molecule has 178 valence electrons. The molecule has 1 aromatic carbocycles. The maximum Gasteiger partial charge on any atom is 0.224 e. The van der Waals surface area contributed by atoms with Gasteiger partial charge in [0.25, 0.3) is 0 Å². The van der Waals surface area contributed by atoms with Crippen LogP contribution in [0.3, 0.4) is 0 Å². The number of hydrogen-bond donors (Lipinski definition) is 4. The summed E-state index contributed by atoms with van der Waals surface area (Å²) in [5.74, 6) is -1.07. The molecular formula is C24H33ClO7. The van der Waals surface area contributed by atoms with E-state index in [9.17, 15) is 20.4 Å². The molecule has 0 saturated carbocycles. The average Bonchev–Trinajstić information content (AvgIpc) is 2.77. The summed E-state index contributed by atoms with van der Waals surface area (Å²) in [5, 5.41) is 41.6. The highest BCUT2D eigenvalue weighted by molar-refractivity contribution is 6.31. The van der Waals surface area contributed by atoms with Gasteiger partial charge in [0.15, 0.2) is 0 Å². The van der Waals surface area contributed by atoms with E-state index in [1.165, 1.54) is 20.1 Å². The lowest BCUT2D eigenvalue weighted by atomic mass is 9.80. The Morgan fingerprint density at radius 2 is 1.84 bits per heavy atom. The molecule has 0 aliphatic carbocycles. The van der Waals surface area contributed by atoms with Gasteiger partial charge >= 0.3 is 0 Å². The van der Waals surface area contributed by atoms with Crippen LogP contribution >= 0.6 is 11.6 Å². The molecule has 7 nitrogen and oxygen atoms in total. The molecule has 32 heavy (non-hydrogen) atoms. The minimum atomic E-state index is -1.88. The number of allylic oxidation sites excluding steroid dienone is 3. The molecule has 0 bridgehead atoms. The van der Waals surface area contributed by atoms with E-state index < -0.39 is 36.3 Å². The van der Waals surface area contributed by atoms with Crippen molar-refractivity contribution in [1.29, 1.82) is 0 Å². The number of halogens is 1. The Hall–Kier alpha value is -1.71. The fraction of sp³-hybridized carbons (Fsp3) is 0.500. The summed E-state index contributed by atoms with van der Waals surface area (Å²) in [6.45, 7) is 9.00. The highest BCUT2D eigenvalue weighted by atomic mass is 35.5. The Kier molecular flexibility index (Phi) is 9.07. The van der Waals surface area contributed by atoms with Gasteiger partial charge in [0.05, 0.1) is 13.2 Å². The molecule has 1 aliphatic heterocycles. The minimum Gasteiger partial charge on any atom is -0.494 e. The van der Waals surface area contributed by atoms with E-state index in [4.69, 9.17) is 25.8 Å².